The van der Waals surface area contributed by atoms with E-state index in [1.165, 1.54) is 12.1 Å². The summed E-state index contributed by atoms with van der Waals surface area (Å²) in [6.45, 7) is 0.276. The van der Waals surface area contributed by atoms with Crippen LogP contribution in [-0.4, -0.2) is 20.2 Å². The van der Waals surface area contributed by atoms with Crippen molar-refractivity contribution in [3.05, 3.63) is 66.0 Å². The van der Waals surface area contributed by atoms with Gasteiger partial charge in [0.15, 0.2) is 9.84 Å². The standard InChI is InChI=1S/C16H16FNO2S/c17-12-6-4-5-11(9-12)15-14(10-18)16(15)21(19,20)13-7-2-1-3-8-13/h1-9,14-16H,10,18H2/t14-,15+,16+/m0/s1. The van der Waals surface area contributed by atoms with Crippen molar-refractivity contribution in [2.24, 2.45) is 11.7 Å². The molecule has 1 aliphatic rings. The largest absolute Gasteiger partial charge is 0.330 e. The summed E-state index contributed by atoms with van der Waals surface area (Å²) >= 11 is 0. The van der Waals surface area contributed by atoms with Crippen molar-refractivity contribution >= 4 is 9.84 Å². The topological polar surface area (TPSA) is 60.2 Å². The fraction of sp³-hybridized carbons (Fsp3) is 0.250. The highest BCUT2D eigenvalue weighted by molar-refractivity contribution is 7.92. The third-order valence-corrected chi connectivity index (χ3v) is 6.32. The van der Waals surface area contributed by atoms with Crippen molar-refractivity contribution in [3.63, 3.8) is 0 Å². The zero-order valence-corrected chi connectivity index (χ0v) is 12.1. The van der Waals surface area contributed by atoms with Gasteiger partial charge in [-0.2, -0.15) is 0 Å². The molecule has 1 saturated carbocycles. The van der Waals surface area contributed by atoms with Crippen LogP contribution in [0.15, 0.2) is 59.5 Å². The maximum atomic E-state index is 13.4. The van der Waals surface area contributed by atoms with Gasteiger partial charge in [0.2, 0.25) is 0 Å². The summed E-state index contributed by atoms with van der Waals surface area (Å²) in [6, 6.07) is 14.5. The fourth-order valence-electron chi connectivity index (χ4n) is 2.96. The predicted molar refractivity (Wildman–Crippen MR) is 79.1 cm³/mol. The third-order valence-electron chi connectivity index (χ3n) is 4.03. The summed E-state index contributed by atoms with van der Waals surface area (Å²) in [5, 5.41) is -0.563. The Bertz CT molecular complexity index is 746. The molecule has 5 heteroatoms. The summed E-state index contributed by atoms with van der Waals surface area (Å²) in [5.41, 5.74) is 6.41. The average Bonchev–Trinajstić information content (AvgIpc) is 3.23. The Morgan fingerprint density at radius 2 is 1.76 bits per heavy atom. The van der Waals surface area contributed by atoms with Gasteiger partial charge in [-0.15, -0.1) is 0 Å². The Morgan fingerprint density at radius 3 is 2.38 bits per heavy atom. The highest BCUT2D eigenvalue weighted by Gasteiger charge is 2.58. The molecule has 0 aliphatic heterocycles. The van der Waals surface area contributed by atoms with Crippen LogP contribution in [0.4, 0.5) is 4.39 Å². The smallest absolute Gasteiger partial charge is 0.182 e. The minimum Gasteiger partial charge on any atom is -0.330 e. The Labute approximate surface area is 123 Å². The lowest BCUT2D eigenvalue weighted by molar-refractivity contribution is 0.591. The molecule has 0 saturated heterocycles. The normalized spacial score (nSPS) is 24.8. The summed E-state index contributed by atoms with van der Waals surface area (Å²) in [5.74, 6) is -0.737. The van der Waals surface area contributed by atoms with Crippen LogP contribution >= 0.6 is 0 Å². The molecule has 2 N–H and O–H groups in total. The van der Waals surface area contributed by atoms with E-state index >= 15 is 0 Å². The molecule has 2 aromatic carbocycles. The summed E-state index contributed by atoms with van der Waals surface area (Å²) in [6.07, 6.45) is 0. The van der Waals surface area contributed by atoms with Crippen molar-refractivity contribution in [1.82, 2.24) is 0 Å². The van der Waals surface area contributed by atoms with E-state index in [-0.39, 0.29) is 24.2 Å². The molecule has 0 aromatic heterocycles. The van der Waals surface area contributed by atoms with Gasteiger partial charge in [-0.3, -0.25) is 0 Å². The van der Waals surface area contributed by atoms with Gasteiger partial charge in [0, 0.05) is 5.92 Å². The molecule has 0 bridgehead atoms. The molecule has 0 spiro atoms. The Balaban J connectivity index is 1.96. The number of sulfone groups is 1. The number of rotatable bonds is 4. The summed E-state index contributed by atoms with van der Waals surface area (Å²) < 4.78 is 38.7. The van der Waals surface area contributed by atoms with Crippen LogP contribution < -0.4 is 5.73 Å². The molecule has 3 rings (SSSR count). The highest BCUT2D eigenvalue weighted by Crippen LogP contribution is 2.53. The van der Waals surface area contributed by atoms with Crippen LogP contribution in [0.3, 0.4) is 0 Å². The quantitative estimate of drug-likeness (QED) is 0.943. The van der Waals surface area contributed by atoms with Crippen molar-refractivity contribution in [1.29, 1.82) is 0 Å². The van der Waals surface area contributed by atoms with Crippen molar-refractivity contribution in [2.45, 2.75) is 16.1 Å². The number of halogens is 1. The van der Waals surface area contributed by atoms with Crippen LogP contribution in [0, 0.1) is 11.7 Å². The fourth-order valence-corrected chi connectivity index (χ4v) is 5.21. The highest BCUT2D eigenvalue weighted by atomic mass is 32.2. The second kappa shape index (κ2) is 5.24. The lowest BCUT2D eigenvalue weighted by atomic mass is 10.1. The van der Waals surface area contributed by atoms with E-state index < -0.39 is 15.1 Å². The number of nitrogens with two attached hydrogens (primary N) is 1. The first-order valence-electron chi connectivity index (χ1n) is 6.80. The summed E-state index contributed by atoms with van der Waals surface area (Å²) in [4.78, 5) is 0.298. The molecule has 2 aromatic rings. The van der Waals surface area contributed by atoms with Crippen LogP contribution in [0.5, 0.6) is 0 Å². The maximum Gasteiger partial charge on any atom is 0.182 e. The number of benzene rings is 2. The number of hydrogen-bond acceptors (Lipinski definition) is 3. The molecule has 3 atom stereocenters. The van der Waals surface area contributed by atoms with Gasteiger partial charge in [-0.25, -0.2) is 12.8 Å². The Kier molecular flexibility index (Phi) is 3.55. The van der Waals surface area contributed by atoms with Crippen molar-refractivity contribution in [2.75, 3.05) is 6.54 Å². The molecule has 0 heterocycles. The maximum absolute atomic E-state index is 13.4. The second-order valence-electron chi connectivity index (χ2n) is 5.30. The van der Waals surface area contributed by atoms with Crippen LogP contribution in [0.1, 0.15) is 11.5 Å². The van der Waals surface area contributed by atoms with Gasteiger partial charge in [0.1, 0.15) is 5.82 Å². The molecule has 1 fully saturated rings. The van der Waals surface area contributed by atoms with Gasteiger partial charge >= 0.3 is 0 Å². The SMILES string of the molecule is NC[C@H]1[C@@H](c2cccc(F)c2)[C@@H]1S(=O)(=O)c1ccccc1. The third kappa shape index (κ3) is 2.47. The lowest BCUT2D eigenvalue weighted by Gasteiger charge is -2.04. The molecule has 21 heavy (non-hydrogen) atoms. The van der Waals surface area contributed by atoms with E-state index in [0.29, 0.717) is 10.5 Å². The monoisotopic (exact) mass is 305 g/mol. The first kappa shape index (κ1) is 14.2. The van der Waals surface area contributed by atoms with Crippen molar-refractivity contribution in [3.8, 4) is 0 Å². The molecule has 110 valence electrons. The van der Waals surface area contributed by atoms with E-state index in [2.05, 4.69) is 0 Å². The molecule has 1 aliphatic carbocycles. The molecule has 0 unspecified atom stereocenters. The average molecular weight is 305 g/mol. The van der Waals surface area contributed by atoms with E-state index in [1.807, 2.05) is 0 Å². The summed E-state index contributed by atoms with van der Waals surface area (Å²) in [7, 11) is -3.44. The van der Waals surface area contributed by atoms with Gasteiger partial charge in [-0.05, 0) is 42.3 Å². The number of hydrogen-bond donors (Lipinski definition) is 1. The van der Waals surface area contributed by atoms with Gasteiger partial charge in [0.05, 0.1) is 10.1 Å². The Hall–Kier alpha value is -1.72. The first-order valence-corrected chi connectivity index (χ1v) is 8.35. The van der Waals surface area contributed by atoms with Crippen LogP contribution in [0.25, 0.3) is 0 Å². The van der Waals surface area contributed by atoms with Gasteiger partial charge in [-0.1, -0.05) is 30.3 Å². The zero-order chi connectivity index (χ0) is 15.0. The Morgan fingerprint density at radius 1 is 1.05 bits per heavy atom. The van der Waals surface area contributed by atoms with E-state index in [0.717, 1.165) is 0 Å². The van der Waals surface area contributed by atoms with E-state index in [9.17, 15) is 12.8 Å². The molecular weight excluding hydrogens is 289 g/mol. The minimum absolute atomic E-state index is 0.156. The lowest BCUT2D eigenvalue weighted by Crippen LogP contribution is -2.13. The zero-order valence-electron chi connectivity index (χ0n) is 11.3. The minimum atomic E-state index is -3.44. The van der Waals surface area contributed by atoms with E-state index in [4.69, 9.17) is 5.73 Å². The first-order chi connectivity index (χ1) is 10.1. The van der Waals surface area contributed by atoms with Gasteiger partial charge in [0.25, 0.3) is 0 Å². The van der Waals surface area contributed by atoms with Crippen LogP contribution in [-0.2, 0) is 9.84 Å². The predicted octanol–water partition coefficient (Wildman–Crippen LogP) is 2.34. The molecule has 3 nitrogen and oxygen atoms in total. The molecule has 0 amide bonds. The molecular formula is C16H16FNO2S. The van der Waals surface area contributed by atoms with E-state index in [1.54, 1.807) is 42.5 Å². The second-order valence-corrected chi connectivity index (χ2v) is 7.41. The molecule has 0 radical (unpaired) electrons. The van der Waals surface area contributed by atoms with Crippen molar-refractivity contribution < 1.29 is 12.8 Å². The van der Waals surface area contributed by atoms with Crippen LogP contribution in [0.2, 0.25) is 0 Å². The van der Waals surface area contributed by atoms with Gasteiger partial charge < -0.3 is 5.73 Å².